The van der Waals surface area contributed by atoms with Crippen molar-refractivity contribution in [1.29, 1.82) is 0 Å². The van der Waals surface area contributed by atoms with Gasteiger partial charge in [-0.3, -0.25) is 14.7 Å². The monoisotopic (exact) mass is 594 g/mol. The van der Waals surface area contributed by atoms with E-state index in [0.29, 0.717) is 17.9 Å². The summed E-state index contributed by atoms with van der Waals surface area (Å²) in [6.45, 7) is 10.2. The highest BCUT2D eigenvalue weighted by molar-refractivity contribution is 5.88. The second-order valence-corrected chi connectivity index (χ2v) is 11.3. The molecule has 3 heterocycles. The second-order valence-electron chi connectivity index (χ2n) is 11.3. The lowest BCUT2D eigenvalue weighted by atomic mass is 10.1. The van der Waals surface area contributed by atoms with Gasteiger partial charge in [-0.2, -0.15) is 0 Å². The third-order valence-corrected chi connectivity index (χ3v) is 7.78. The summed E-state index contributed by atoms with van der Waals surface area (Å²) < 4.78 is 26.9. The normalized spacial score (nSPS) is 18.0. The number of imidazole rings is 1. The summed E-state index contributed by atoms with van der Waals surface area (Å²) in [6.07, 6.45) is 1.70. The van der Waals surface area contributed by atoms with Crippen LogP contribution in [0.2, 0.25) is 0 Å². The van der Waals surface area contributed by atoms with Crippen LogP contribution in [0.5, 0.6) is 23.1 Å². The molecule has 0 radical (unpaired) electrons. The molecule has 2 aromatic heterocycles. The van der Waals surface area contributed by atoms with Crippen LogP contribution in [0.1, 0.15) is 40.5 Å². The Balaban J connectivity index is 1.34. The minimum absolute atomic E-state index is 0.184. The molecule has 1 aliphatic heterocycles. The number of aryl methyl sites for hydroxylation is 5. The fraction of sp³-hybridized carbons (Fsp3) is 0.294. The number of pyridine rings is 1. The molecule has 0 amide bonds. The number of rotatable bonds is 9. The number of fused-ring (bicyclic) bond motifs is 1. The van der Waals surface area contributed by atoms with Crippen LogP contribution in [-0.4, -0.2) is 38.3 Å². The maximum Gasteiger partial charge on any atom is 0.313 e. The fourth-order valence-electron chi connectivity index (χ4n) is 5.61. The van der Waals surface area contributed by atoms with Crippen molar-refractivity contribution in [3.05, 3.63) is 111 Å². The van der Waals surface area contributed by atoms with Gasteiger partial charge >= 0.3 is 5.69 Å². The van der Waals surface area contributed by atoms with E-state index in [2.05, 4.69) is 9.97 Å². The number of hydrogen-bond acceptors (Lipinski definition) is 8. The zero-order chi connectivity index (χ0) is 31.0. The minimum Gasteiger partial charge on any atom is -0.491 e. The molecule has 0 saturated carbocycles. The first-order chi connectivity index (χ1) is 21.2. The van der Waals surface area contributed by atoms with Crippen molar-refractivity contribution >= 4 is 16.7 Å². The summed E-state index contributed by atoms with van der Waals surface area (Å²) in [4.78, 5) is 20.6. The van der Waals surface area contributed by atoms with Gasteiger partial charge in [-0.15, -0.1) is 0 Å². The summed E-state index contributed by atoms with van der Waals surface area (Å²) in [5, 5.41) is 12.2. The molecule has 3 atom stereocenters. The van der Waals surface area contributed by atoms with Gasteiger partial charge in [0.15, 0.2) is 11.0 Å². The molecular weight excluding hydrogens is 560 g/mol. The maximum absolute atomic E-state index is 12.2. The van der Waals surface area contributed by atoms with Crippen molar-refractivity contribution in [3.63, 3.8) is 0 Å². The average molecular weight is 595 g/mol. The lowest BCUT2D eigenvalue weighted by Gasteiger charge is -2.20. The van der Waals surface area contributed by atoms with Gasteiger partial charge in [0.25, 0.3) is 0 Å². The van der Waals surface area contributed by atoms with Crippen LogP contribution in [0, 0.1) is 44.7 Å². The van der Waals surface area contributed by atoms with E-state index >= 15 is 0 Å². The number of nitrogens with zero attached hydrogens (tertiary/aromatic N) is 4. The molecule has 10 nitrogen and oxygen atoms in total. The van der Waals surface area contributed by atoms with E-state index in [4.69, 9.17) is 18.9 Å². The highest BCUT2D eigenvalue weighted by Crippen LogP contribution is 2.40. The molecule has 5 aromatic rings. The van der Waals surface area contributed by atoms with E-state index in [0.717, 1.165) is 33.6 Å². The van der Waals surface area contributed by atoms with E-state index < -0.39 is 17.3 Å². The molecule has 10 heteroatoms. The first-order valence-corrected chi connectivity index (χ1v) is 14.5. The van der Waals surface area contributed by atoms with Crippen molar-refractivity contribution in [2.24, 2.45) is 0 Å². The molecular formula is C34H34N4O6. The molecule has 0 aliphatic carbocycles. The largest absolute Gasteiger partial charge is 0.491 e. The molecule has 1 aliphatic rings. The second kappa shape index (κ2) is 12.0. The van der Waals surface area contributed by atoms with E-state index in [1.54, 1.807) is 4.57 Å². The van der Waals surface area contributed by atoms with Crippen LogP contribution in [-0.2, 0) is 4.74 Å². The minimum atomic E-state index is -0.612. The number of hydrogen-bond donors (Lipinski definition) is 0. The molecule has 6 rings (SSSR count). The van der Waals surface area contributed by atoms with Gasteiger partial charge in [-0.25, -0.2) is 9.97 Å². The van der Waals surface area contributed by atoms with Crippen molar-refractivity contribution in [2.45, 2.75) is 59.5 Å². The summed E-state index contributed by atoms with van der Waals surface area (Å²) >= 11 is 0. The Labute approximate surface area is 255 Å². The molecule has 44 heavy (non-hydrogen) atoms. The molecule has 0 bridgehead atoms. The Hall–Kier alpha value is -4.96. The van der Waals surface area contributed by atoms with Crippen LogP contribution in [0.4, 0.5) is 5.69 Å². The topological polar surface area (TPSA) is 111 Å². The Morgan fingerprint density at radius 2 is 1.55 bits per heavy atom. The van der Waals surface area contributed by atoms with E-state index in [-0.39, 0.29) is 35.3 Å². The Bertz CT molecular complexity index is 1790. The number of benzene rings is 3. The predicted molar refractivity (Wildman–Crippen MR) is 166 cm³/mol. The predicted octanol–water partition coefficient (Wildman–Crippen LogP) is 7.49. The zero-order valence-electron chi connectivity index (χ0n) is 25.3. The van der Waals surface area contributed by atoms with Crippen molar-refractivity contribution < 1.29 is 23.9 Å². The lowest BCUT2D eigenvalue weighted by molar-refractivity contribution is -0.383. The lowest BCUT2D eigenvalue weighted by Crippen LogP contribution is -2.32. The fourth-order valence-corrected chi connectivity index (χ4v) is 5.61. The molecule has 0 N–H and O–H groups in total. The SMILES string of the molecule is Cc1ccc(OC[C@H]2O[C@@H](n3cnc4c(Oc5c(C)cc(C)cc5C)ncc([N+](=O)[O-])c43)C[C@@H]2Oc2ccc(C)cc2)cc1. The third-order valence-electron chi connectivity index (χ3n) is 7.78. The van der Waals surface area contributed by atoms with Crippen LogP contribution >= 0.6 is 0 Å². The summed E-state index contributed by atoms with van der Waals surface area (Å²) in [5.74, 6) is 2.25. The quantitative estimate of drug-likeness (QED) is 0.128. The van der Waals surface area contributed by atoms with Crippen LogP contribution in [0.25, 0.3) is 11.0 Å². The Morgan fingerprint density at radius 3 is 2.18 bits per heavy atom. The van der Waals surface area contributed by atoms with E-state index in [1.807, 2.05) is 95.3 Å². The first kappa shape index (κ1) is 29.1. The number of aromatic nitrogens is 3. The van der Waals surface area contributed by atoms with Gasteiger partial charge in [-0.1, -0.05) is 53.1 Å². The molecule has 3 aromatic carbocycles. The van der Waals surface area contributed by atoms with E-state index in [9.17, 15) is 10.1 Å². The van der Waals surface area contributed by atoms with Crippen molar-refractivity contribution in [1.82, 2.24) is 14.5 Å². The molecule has 0 unspecified atom stereocenters. The van der Waals surface area contributed by atoms with Gasteiger partial charge in [0, 0.05) is 6.42 Å². The van der Waals surface area contributed by atoms with Gasteiger partial charge in [0.05, 0.1) is 11.3 Å². The highest BCUT2D eigenvalue weighted by Gasteiger charge is 2.40. The van der Waals surface area contributed by atoms with E-state index in [1.165, 1.54) is 12.5 Å². The van der Waals surface area contributed by atoms with Crippen LogP contribution in [0.3, 0.4) is 0 Å². The molecule has 1 saturated heterocycles. The van der Waals surface area contributed by atoms with Gasteiger partial charge < -0.3 is 18.9 Å². The standard InChI is InChI=1S/C34H34N4O6/c1-20-6-10-25(11-7-20)41-18-29-28(42-26-12-8-21(2)9-13-26)16-30(43-29)37-19-36-31-32(37)27(38(39)40)17-35-34(31)44-33-23(4)14-22(3)15-24(33)5/h6-15,17,19,28-30H,16,18H2,1-5H3/t28-,29+,30+/m0/s1. The van der Waals surface area contributed by atoms with Crippen LogP contribution < -0.4 is 14.2 Å². The highest BCUT2D eigenvalue weighted by atomic mass is 16.6. The molecule has 226 valence electrons. The van der Waals surface area contributed by atoms with Crippen molar-refractivity contribution in [2.75, 3.05) is 6.61 Å². The maximum atomic E-state index is 12.2. The molecule has 1 fully saturated rings. The van der Waals surface area contributed by atoms with Gasteiger partial charge in [0.1, 0.15) is 48.5 Å². The summed E-state index contributed by atoms with van der Waals surface area (Å²) in [6, 6.07) is 19.6. The zero-order valence-corrected chi connectivity index (χ0v) is 25.3. The van der Waals surface area contributed by atoms with Crippen molar-refractivity contribution in [3.8, 4) is 23.1 Å². The number of nitro groups is 1. The number of ether oxygens (including phenoxy) is 4. The summed E-state index contributed by atoms with van der Waals surface area (Å²) in [5.41, 5.74) is 5.58. The Morgan fingerprint density at radius 1 is 0.909 bits per heavy atom. The summed E-state index contributed by atoms with van der Waals surface area (Å²) in [7, 11) is 0. The molecule has 0 spiro atoms. The van der Waals surface area contributed by atoms with Gasteiger partial charge in [-0.05, 0) is 70.0 Å². The Kier molecular flexibility index (Phi) is 7.92. The smallest absolute Gasteiger partial charge is 0.313 e. The third kappa shape index (κ3) is 5.93. The average Bonchev–Trinajstić information content (AvgIpc) is 3.60. The van der Waals surface area contributed by atoms with Crippen LogP contribution in [0.15, 0.2) is 73.2 Å². The first-order valence-electron chi connectivity index (χ1n) is 14.5. The van der Waals surface area contributed by atoms with Gasteiger partial charge in [0.2, 0.25) is 5.88 Å².